The van der Waals surface area contributed by atoms with Crippen molar-refractivity contribution in [2.24, 2.45) is 0 Å². The molecule has 1 saturated heterocycles. The predicted octanol–water partition coefficient (Wildman–Crippen LogP) is 2.52. The van der Waals surface area contributed by atoms with E-state index in [4.69, 9.17) is 4.74 Å². The van der Waals surface area contributed by atoms with E-state index in [9.17, 15) is 14.7 Å². The molecular formula is C18H17N5O4. The van der Waals surface area contributed by atoms with Gasteiger partial charge >= 0.3 is 12.1 Å². The number of carbonyl (C=O) groups is 2. The molecule has 4 rings (SSSR count). The van der Waals surface area contributed by atoms with Crippen molar-refractivity contribution >= 4 is 23.2 Å². The first-order valence-electron chi connectivity index (χ1n) is 8.54. The van der Waals surface area contributed by atoms with Crippen molar-refractivity contribution in [2.45, 2.75) is 25.5 Å². The number of nitrogens with one attached hydrogen (secondary N) is 1. The van der Waals surface area contributed by atoms with Gasteiger partial charge in [0.1, 0.15) is 24.3 Å². The third-order valence-corrected chi connectivity index (χ3v) is 4.52. The van der Waals surface area contributed by atoms with Crippen molar-refractivity contribution in [3.05, 3.63) is 53.7 Å². The van der Waals surface area contributed by atoms with Crippen LogP contribution in [0.2, 0.25) is 0 Å². The fraction of sp³-hybridized carbons (Fsp3) is 0.278. The van der Waals surface area contributed by atoms with Crippen LogP contribution in [0.4, 0.5) is 4.79 Å². The van der Waals surface area contributed by atoms with Gasteiger partial charge in [-0.05, 0) is 18.4 Å². The lowest BCUT2D eigenvalue weighted by molar-refractivity contribution is 0.0692. The van der Waals surface area contributed by atoms with Gasteiger partial charge in [-0.2, -0.15) is 0 Å². The average molecular weight is 367 g/mol. The molecule has 0 radical (unpaired) electrons. The molecule has 9 nitrogen and oxygen atoms in total. The van der Waals surface area contributed by atoms with Crippen LogP contribution in [0.5, 0.6) is 0 Å². The summed E-state index contributed by atoms with van der Waals surface area (Å²) in [7, 11) is 0. The molecule has 1 aliphatic heterocycles. The Morgan fingerprint density at radius 1 is 1.26 bits per heavy atom. The highest BCUT2D eigenvalue weighted by Crippen LogP contribution is 2.32. The number of hydrogen-bond acceptors (Lipinski definition) is 6. The van der Waals surface area contributed by atoms with Crippen LogP contribution < -0.4 is 0 Å². The smallest absolute Gasteiger partial charge is 0.410 e. The molecule has 1 amide bonds. The van der Waals surface area contributed by atoms with E-state index in [0.29, 0.717) is 18.8 Å². The molecule has 1 fully saturated rings. The highest BCUT2D eigenvalue weighted by molar-refractivity contribution is 5.97. The van der Waals surface area contributed by atoms with E-state index in [2.05, 4.69) is 19.9 Å². The molecule has 0 saturated carbocycles. The van der Waals surface area contributed by atoms with Gasteiger partial charge in [0, 0.05) is 6.54 Å². The van der Waals surface area contributed by atoms with Crippen molar-refractivity contribution in [1.29, 1.82) is 0 Å². The van der Waals surface area contributed by atoms with Crippen molar-refractivity contribution in [2.75, 3.05) is 6.54 Å². The van der Waals surface area contributed by atoms with Gasteiger partial charge in [0.25, 0.3) is 0 Å². The second kappa shape index (κ2) is 7.02. The SMILES string of the molecule is O=C(O)c1ncnc2nc([C@H]3CCCN3C(=O)OCc3ccccc3)[nH]c12. The first-order chi connectivity index (χ1) is 13.1. The minimum Gasteiger partial charge on any atom is -0.476 e. The Hall–Kier alpha value is -3.49. The maximum absolute atomic E-state index is 12.5. The zero-order valence-electron chi connectivity index (χ0n) is 14.3. The number of likely N-dealkylation sites (tertiary alicyclic amines) is 1. The van der Waals surface area contributed by atoms with Crippen LogP contribution >= 0.6 is 0 Å². The summed E-state index contributed by atoms with van der Waals surface area (Å²) in [5.41, 5.74) is 1.29. The number of aromatic amines is 1. The summed E-state index contributed by atoms with van der Waals surface area (Å²) in [6.45, 7) is 0.741. The van der Waals surface area contributed by atoms with Gasteiger partial charge in [-0.1, -0.05) is 30.3 Å². The maximum Gasteiger partial charge on any atom is 0.410 e. The number of ether oxygens (including phenoxy) is 1. The van der Waals surface area contributed by atoms with Crippen molar-refractivity contribution < 1.29 is 19.4 Å². The first kappa shape index (κ1) is 17.0. The van der Waals surface area contributed by atoms with E-state index in [1.54, 1.807) is 4.90 Å². The predicted molar refractivity (Wildman–Crippen MR) is 94.0 cm³/mol. The van der Waals surface area contributed by atoms with E-state index < -0.39 is 12.1 Å². The molecule has 2 aromatic heterocycles. The quantitative estimate of drug-likeness (QED) is 0.726. The number of rotatable bonds is 4. The molecular weight excluding hydrogens is 350 g/mol. The molecule has 0 spiro atoms. The van der Waals surface area contributed by atoms with E-state index in [0.717, 1.165) is 18.3 Å². The molecule has 1 atom stereocenters. The van der Waals surface area contributed by atoms with E-state index >= 15 is 0 Å². The molecule has 0 bridgehead atoms. The zero-order chi connectivity index (χ0) is 18.8. The molecule has 1 aromatic carbocycles. The minimum atomic E-state index is -1.16. The van der Waals surface area contributed by atoms with Gasteiger partial charge < -0.3 is 14.8 Å². The van der Waals surface area contributed by atoms with Crippen LogP contribution in [0.1, 0.15) is 40.8 Å². The van der Waals surface area contributed by atoms with Gasteiger partial charge in [-0.3, -0.25) is 4.90 Å². The van der Waals surface area contributed by atoms with Gasteiger partial charge in [-0.25, -0.2) is 24.5 Å². The topological polar surface area (TPSA) is 121 Å². The fourth-order valence-electron chi connectivity index (χ4n) is 3.24. The molecule has 138 valence electrons. The lowest BCUT2D eigenvalue weighted by Gasteiger charge is -2.22. The third kappa shape index (κ3) is 3.31. The van der Waals surface area contributed by atoms with E-state index in [1.165, 1.54) is 0 Å². The lowest BCUT2D eigenvalue weighted by atomic mass is 10.2. The Bertz CT molecular complexity index is 988. The number of hydrogen-bond donors (Lipinski definition) is 2. The Balaban J connectivity index is 1.54. The summed E-state index contributed by atoms with van der Waals surface area (Å²) >= 11 is 0. The number of aromatic carboxylic acids is 1. The standard InChI is InChI=1S/C18H17N5O4/c24-17(25)14-13-16(20-10-19-14)22-15(21-13)12-7-4-8-23(12)18(26)27-9-11-5-2-1-3-6-11/h1-3,5-6,10,12H,4,7-9H2,(H,24,25)(H,19,20,21,22)/t12-/m1/s1. The molecule has 3 aromatic rings. The highest BCUT2D eigenvalue weighted by Gasteiger charge is 2.34. The summed E-state index contributed by atoms with van der Waals surface area (Å²) in [5.74, 6) is -0.676. The number of nitrogens with zero attached hydrogens (tertiary/aromatic N) is 4. The first-order valence-corrected chi connectivity index (χ1v) is 8.54. The second-order valence-electron chi connectivity index (χ2n) is 6.24. The van der Waals surface area contributed by atoms with Crippen LogP contribution in [0.25, 0.3) is 11.2 Å². The minimum absolute atomic E-state index is 0.144. The van der Waals surface area contributed by atoms with Gasteiger partial charge in [0.2, 0.25) is 0 Å². The molecule has 3 heterocycles. The zero-order valence-corrected chi connectivity index (χ0v) is 14.3. The average Bonchev–Trinajstić information content (AvgIpc) is 3.33. The summed E-state index contributed by atoms with van der Waals surface area (Å²) in [6.07, 6.45) is 2.25. The van der Waals surface area contributed by atoms with Crippen LogP contribution in [-0.2, 0) is 11.3 Å². The normalized spacial score (nSPS) is 16.6. The summed E-state index contributed by atoms with van der Waals surface area (Å²) < 4.78 is 5.42. The highest BCUT2D eigenvalue weighted by atomic mass is 16.6. The number of carboxylic acid groups (broad SMARTS) is 1. The summed E-state index contributed by atoms with van der Waals surface area (Å²) in [6, 6.07) is 9.14. The number of H-pyrrole nitrogens is 1. The molecule has 2 N–H and O–H groups in total. The number of aromatic nitrogens is 4. The van der Waals surface area contributed by atoms with Crippen molar-refractivity contribution in [3.8, 4) is 0 Å². The fourth-order valence-corrected chi connectivity index (χ4v) is 3.24. The van der Waals surface area contributed by atoms with Crippen LogP contribution in [0.3, 0.4) is 0 Å². The number of imidazole rings is 1. The molecule has 9 heteroatoms. The molecule has 0 aliphatic carbocycles. The van der Waals surface area contributed by atoms with Crippen LogP contribution in [0, 0.1) is 0 Å². The molecule has 1 aliphatic rings. The Morgan fingerprint density at radius 3 is 2.85 bits per heavy atom. The Morgan fingerprint density at radius 2 is 2.07 bits per heavy atom. The number of amides is 1. The lowest BCUT2D eigenvalue weighted by Crippen LogP contribution is -2.31. The molecule has 27 heavy (non-hydrogen) atoms. The second-order valence-corrected chi connectivity index (χ2v) is 6.24. The number of benzene rings is 1. The van der Waals surface area contributed by atoms with E-state index in [-0.39, 0.29) is 29.5 Å². The van der Waals surface area contributed by atoms with E-state index in [1.807, 2.05) is 30.3 Å². The van der Waals surface area contributed by atoms with Gasteiger partial charge in [0.15, 0.2) is 11.3 Å². The van der Waals surface area contributed by atoms with Crippen LogP contribution in [0.15, 0.2) is 36.7 Å². The summed E-state index contributed by atoms with van der Waals surface area (Å²) in [5, 5.41) is 9.25. The number of carboxylic acids is 1. The molecule has 0 unspecified atom stereocenters. The van der Waals surface area contributed by atoms with Crippen molar-refractivity contribution in [3.63, 3.8) is 0 Å². The number of fused-ring (bicyclic) bond motifs is 1. The summed E-state index contributed by atoms with van der Waals surface area (Å²) in [4.78, 5) is 40.6. The number of carbonyl (C=O) groups excluding carboxylic acids is 1. The Kier molecular flexibility index (Phi) is 4.41. The van der Waals surface area contributed by atoms with Gasteiger partial charge in [0.05, 0.1) is 6.04 Å². The largest absolute Gasteiger partial charge is 0.476 e. The van der Waals surface area contributed by atoms with Crippen molar-refractivity contribution in [1.82, 2.24) is 24.8 Å². The van der Waals surface area contributed by atoms with Gasteiger partial charge in [-0.15, -0.1) is 0 Å². The maximum atomic E-state index is 12.5. The monoisotopic (exact) mass is 367 g/mol. The van der Waals surface area contributed by atoms with Crippen LogP contribution in [-0.4, -0.2) is 48.5 Å². The Labute approximate surface area is 154 Å². The third-order valence-electron chi connectivity index (χ3n) is 4.52.